The molecular formula is C23H23ClN2O5S. The van der Waals surface area contributed by atoms with Crippen molar-refractivity contribution in [3.63, 3.8) is 0 Å². The molecule has 3 aromatic rings. The summed E-state index contributed by atoms with van der Waals surface area (Å²) in [5, 5.41) is 3.36. The van der Waals surface area contributed by atoms with Crippen molar-refractivity contribution in [1.29, 1.82) is 0 Å². The first kappa shape index (κ1) is 23.4. The molecule has 1 atom stereocenters. The number of rotatable bonds is 9. The summed E-state index contributed by atoms with van der Waals surface area (Å²) in [6, 6.07) is 19.3. The third kappa shape index (κ3) is 6.15. The van der Waals surface area contributed by atoms with Gasteiger partial charge in [0.15, 0.2) is 6.61 Å². The summed E-state index contributed by atoms with van der Waals surface area (Å²) in [4.78, 5) is 12.3. The lowest BCUT2D eigenvalue weighted by Gasteiger charge is -2.17. The minimum Gasteiger partial charge on any atom is -0.496 e. The highest BCUT2D eigenvalue weighted by Gasteiger charge is 2.16. The normalized spacial score (nSPS) is 12.0. The first-order valence-corrected chi connectivity index (χ1v) is 11.6. The van der Waals surface area contributed by atoms with Crippen molar-refractivity contribution in [3.05, 3.63) is 83.4 Å². The highest BCUT2D eigenvalue weighted by Crippen LogP contribution is 2.24. The summed E-state index contributed by atoms with van der Waals surface area (Å²) in [5.41, 5.74) is 1.25. The van der Waals surface area contributed by atoms with Gasteiger partial charge in [0.05, 0.1) is 18.0 Å². The number of hydrogen-bond donors (Lipinski definition) is 2. The lowest BCUT2D eigenvalue weighted by molar-refractivity contribution is -0.123. The molecule has 32 heavy (non-hydrogen) atoms. The Morgan fingerprint density at radius 2 is 1.66 bits per heavy atom. The third-order valence-corrected chi connectivity index (χ3v) is 6.23. The molecule has 0 fully saturated rings. The molecule has 0 aliphatic heterocycles. The molecule has 0 radical (unpaired) electrons. The van der Waals surface area contributed by atoms with Gasteiger partial charge in [-0.05, 0) is 61.5 Å². The van der Waals surface area contributed by atoms with Crippen LogP contribution in [0.2, 0.25) is 5.02 Å². The van der Waals surface area contributed by atoms with Crippen molar-refractivity contribution in [2.24, 2.45) is 0 Å². The second-order valence-corrected chi connectivity index (χ2v) is 9.02. The number of halogens is 1. The van der Waals surface area contributed by atoms with Crippen LogP contribution < -0.4 is 19.5 Å². The Morgan fingerprint density at radius 1 is 1.00 bits per heavy atom. The van der Waals surface area contributed by atoms with Crippen LogP contribution in [0.4, 0.5) is 5.69 Å². The minimum absolute atomic E-state index is 0.0639. The van der Waals surface area contributed by atoms with Gasteiger partial charge in [-0.15, -0.1) is 0 Å². The fourth-order valence-corrected chi connectivity index (χ4v) is 4.17. The summed E-state index contributed by atoms with van der Waals surface area (Å²) in [6.07, 6.45) is 0. The van der Waals surface area contributed by atoms with Crippen molar-refractivity contribution in [1.82, 2.24) is 5.32 Å². The number of anilines is 1. The maximum atomic E-state index is 12.5. The van der Waals surface area contributed by atoms with Crippen LogP contribution in [0.3, 0.4) is 0 Å². The Hall–Kier alpha value is -3.23. The molecule has 2 N–H and O–H groups in total. The van der Waals surface area contributed by atoms with Gasteiger partial charge in [0.2, 0.25) is 0 Å². The molecule has 1 amide bonds. The van der Waals surface area contributed by atoms with E-state index in [1.54, 1.807) is 31.4 Å². The van der Waals surface area contributed by atoms with E-state index in [0.29, 0.717) is 22.2 Å². The predicted molar refractivity (Wildman–Crippen MR) is 124 cm³/mol. The molecule has 0 heterocycles. The summed E-state index contributed by atoms with van der Waals surface area (Å²) >= 11 is 5.82. The van der Waals surface area contributed by atoms with Crippen molar-refractivity contribution in [2.75, 3.05) is 18.4 Å². The van der Waals surface area contributed by atoms with Crippen LogP contribution in [0.25, 0.3) is 0 Å². The highest BCUT2D eigenvalue weighted by atomic mass is 35.5. The van der Waals surface area contributed by atoms with E-state index in [-0.39, 0.29) is 23.5 Å². The lowest BCUT2D eigenvalue weighted by atomic mass is 10.1. The Kier molecular flexibility index (Phi) is 7.61. The molecule has 0 aliphatic carbocycles. The summed E-state index contributed by atoms with van der Waals surface area (Å²) in [6.45, 7) is 1.64. The quantitative estimate of drug-likeness (QED) is 0.479. The minimum atomic E-state index is -3.77. The van der Waals surface area contributed by atoms with Crippen molar-refractivity contribution in [2.45, 2.75) is 17.9 Å². The molecule has 3 rings (SSSR count). The fourth-order valence-electron chi connectivity index (χ4n) is 2.98. The molecule has 0 unspecified atom stereocenters. The maximum Gasteiger partial charge on any atom is 0.261 e. The molecule has 0 saturated heterocycles. The number of hydrogen-bond acceptors (Lipinski definition) is 5. The van der Waals surface area contributed by atoms with Gasteiger partial charge < -0.3 is 14.8 Å². The zero-order valence-corrected chi connectivity index (χ0v) is 19.1. The molecular weight excluding hydrogens is 452 g/mol. The number of ether oxygens (including phenoxy) is 2. The molecule has 0 spiro atoms. The van der Waals surface area contributed by atoms with Crippen molar-refractivity contribution < 1.29 is 22.7 Å². The van der Waals surface area contributed by atoms with E-state index >= 15 is 0 Å². The number of amides is 1. The lowest BCUT2D eigenvalue weighted by Crippen LogP contribution is -2.31. The van der Waals surface area contributed by atoms with Gasteiger partial charge in [0, 0.05) is 16.3 Å². The van der Waals surface area contributed by atoms with Crippen LogP contribution in [0.5, 0.6) is 11.5 Å². The van der Waals surface area contributed by atoms with Gasteiger partial charge in [0.25, 0.3) is 15.9 Å². The summed E-state index contributed by atoms with van der Waals surface area (Å²) in [5.74, 6) is 0.741. The molecule has 168 valence electrons. The number of para-hydroxylation sites is 1. The Balaban J connectivity index is 1.56. The van der Waals surface area contributed by atoms with Crippen molar-refractivity contribution >= 4 is 33.2 Å². The smallest absolute Gasteiger partial charge is 0.261 e. The average molecular weight is 475 g/mol. The van der Waals surface area contributed by atoms with Gasteiger partial charge in [-0.1, -0.05) is 29.8 Å². The number of benzene rings is 3. The highest BCUT2D eigenvalue weighted by molar-refractivity contribution is 7.92. The van der Waals surface area contributed by atoms with Gasteiger partial charge in [0.1, 0.15) is 11.5 Å². The average Bonchev–Trinajstić information content (AvgIpc) is 2.79. The topological polar surface area (TPSA) is 93.7 Å². The van der Waals surface area contributed by atoms with E-state index in [0.717, 1.165) is 5.56 Å². The van der Waals surface area contributed by atoms with Crippen molar-refractivity contribution in [3.8, 4) is 11.5 Å². The molecule has 3 aromatic carbocycles. The Labute approximate surface area is 192 Å². The number of nitrogens with one attached hydrogen (secondary N) is 2. The molecule has 0 bridgehead atoms. The molecule has 7 nitrogen and oxygen atoms in total. The van der Waals surface area contributed by atoms with Gasteiger partial charge in [-0.25, -0.2) is 8.42 Å². The monoisotopic (exact) mass is 474 g/mol. The van der Waals surface area contributed by atoms with E-state index in [1.807, 2.05) is 31.2 Å². The second kappa shape index (κ2) is 10.4. The van der Waals surface area contributed by atoms with E-state index < -0.39 is 10.0 Å². The standard InChI is InChI=1S/C23H23ClN2O5S/c1-16(21-5-3-4-6-22(21)30-2)25-23(27)15-31-19-11-13-20(14-12-19)32(28,29)26-18-9-7-17(24)8-10-18/h3-14,16,26H,15H2,1-2H3,(H,25,27)/t16-/m1/s1. The molecule has 0 aromatic heterocycles. The zero-order valence-electron chi connectivity index (χ0n) is 17.5. The molecule has 0 saturated carbocycles. The number of carbonyl (C=O) groups excluding carboxylic acids is 1. The van der Waals surface area contributed by atoms with E-state index in [4.69, 9.17) is 21.1 Å². The van der Waals surface area contributed by atoms with Crippen LogP contribution in [0.15, 0.2) is 77.7 Å². The van der Waals surface area contributed by atoms with Gasteiger partial charge in [-0.3, -0.25) is 9.52 Å². The molecule has 9 heteroatoms. The van der Waals surface area contributed by atoms with Gasteiger partial charge >= 0.3 is 0 Å². The van der Waals surface area contributed by atoms with Gasteiger partial charge in [-0.2, -0.15) is 0 Å². The maximum absolute atomic E-state index is 12.5. The predicted octanol–water partition coefficient (Wildman–Crippen LogP) is 4.41. The summed E-state index contributed by atoms with van der Waals surface area (Å²) in [7, 11) is -2.19. The third-order valence-electron chi connectivity index (χ3n) is 4.58. The SMILES string of the molecule is COc1ccccc1[C@@H](C)NC(=O)COc1ccc(S(=O)(=O)Nc2ccc(Cl)cc2)cc1. The van der Waals surface area contributed by atoms with E-state index in [1.165, 1.54) is 24.3 Å². The Bertz CT molecular complexity index is 1170. The van der Waals surface area contributed by atoms with Crippen LogP contribution in [0, 0.1) is 0 Å². The van der Waals surface area contributed by atoms with Crippen LogP contribution in [-0.4, -0.2) is 28.0 Å². The van der Waals surface area contributed by atoms with Crippen LogP contribution >= 0.6 is 11.6 Å². The molecule has 0 aliphatic rings. The van der Waals surface area contributed by atoms with E-state index in [9.17, 15) is 13.2 Å². The van der Waals surface area contributed by atoms with Crippen LogP contribution in [0.1, 0.15) is 18.5 Å². The fraction of sp³-hybridized carbons (Fsp3) is 0.174. The van der Waals surface area contributed by atoms with Crippen LogP contribution in [-0.2, 0) is 14.8 Å². The number of carbonyl (C=O) groups is 1. The number of sulfonamides is 1. The first-order chi connectivity index (χ1) is 15.3. The summed E-state index contributed by atoms with van der Waals surface area (Å²) < 4.78 is 38.3. The first-order valence-electron chi connectivity index (χ1n) is 9.72. The second-order valence-electron chi connectivity index (χ2n) is 6.90. The Morgan fingerprint density at radius 3 is 2.31 bits per heavy atom. The van der Waals surface area contributed by atoms with E-state index in [2.05, 4.69) is 10.0 Å². The largest absolute Gasteiger partial charge is 0.496 e. The number of methoxy groups -OCH3 is 1. The zero-order chi connectivity index (χ0) is 23.1.